The van der Waals surface area contributed by atoms with E-state index in [1.165, 1.54) is 31.4 Å². The largest absolute Gasteiger partial charge is 0.497 e. The van der Waals surface area contributed by atoms with Crippen LogP contribution in [-0.4, -0.2) is 29.9 Å². The van der Waals surface area contributed by atoms with Gasteiger partial charge in [-0.25, -0.2) is 4.79 Å². The molecular formula is C20H17F4NO3. The lowest BCUT2D eigenvalue weighted by atomic mass is 9.99. The number of halogens is 4. The lowest BCUT2D eigenvalue weighted by molar-refractivity contribution is -0.179. The standard InChI is InChI=1S/C20H17F4NO3/c1-13-19(21,22)20(23,24)17(15-8-10-16(27-2)11-9-15)25(13)18(26)28-12-14-6-4-3-5-7-14/h3-11,17H,1,12H2,2H3. The highest BCUT2D eigenvalue weighted by Gasteiger charge is 2.73. The van der Waals surface area contributed by atoms with Gasteiger partial charge < -0.3 is 9.47 Å². The molecule has 148 valence electrons. The molecule has 28 heavy (non-hydrogen) atoms. The van der Waals surface area contributed by atoms with E-state index < -0.39 is 29.7 Å². The summed E-state index contributed by atoms with van der Waals surface area (Å²) in [5.41, 5.74) is -0.919. The fourth-order valence-corrected chi connectivity index (χ4v) is 2.98. The first-order valence-corrected chi connectivity index (χ1v) is 8.29. The second-order valence-electron chi connectivity index (χ2n) is 6.23. The van der Waals surface area contributed by atoms with Crippen LogP contribution in [0.4, 0.5) is 22.4 Å². The number of ether oxygens (including phenoxy) is 2. The Morgan fingerprint density at radius 1 is 1.07 bits per heavy atom. The van der Waals surface area contributed by atoms with Gasteiger partial charge >= 0.3 is 17.9 Å². The quantitative estimate of drug-likeness (QED) is 0.671. The van der Waals surface area contributed by atoms with Crippen molar-refractivity contribution < 1.29 is 31.8 Å². The molecule has 0 aromatic heterocycles. The number of carbonyl (C=O) groups excluding carboxylic acids is 1. The Labute approximate surface area is 159 Å². The fraction of sp³-hybridized carbons (Fsp3) is 0.250. The molecule has 3 rings (SSSR count). The normalized spacial score (nSPS) is 20.1. The average molecular weight is 395 g/mol. The van der Waals surface area contributed by atoms with Crippen LogP contribution in [0.25, 0.3) is 0 Å². The van der Waals surface area contributed by atoms with Crippen molar-refractivity contribution in [2.24, 2.45) is 0 Å². The summed E-state index contributed by atoms with van der Waals surface area (Å²) in [6.45, 7) is 2.79. The van der Waals surface area contributed by atoms with Gasteiger partial charge in [0.2, 0.25) is 0 Å². The van der Waals surface area contributed by atoms with Gasteiger partial charge in [0, 0.05) is 0 Å². The predicted octanol–water partition coefficient (Wildman–Crippen LogP) is 5.17. The SMILES string of the molecule is C=C1N(C(=O)OCc2ccccc2)C(c2ccc(OC)cc2)C(F)(F)C1(F)F. The molecule has 0 saturated carbocycles. The first-order valence-electron chi connectivity index (χ1n) is 8.29. The van der Waals surface area contributed by atoms with Gasteiger partial charge in [-0.2, -0.15) is 17.6 Å². The predicted molar refractivity (Wildman–Crippen MR) is 93.2 cm³/mol. The molecule has 4 nitrogen and oxygen atoms in total. The van der Waals surface area contributed by atoms with Crippen LogP contribution in [0.15, 0.2) is 66.9 Å². The number of hydrogen-bond donors (Lipinski definition) is 0. The summed E-state index contributed by atoms with van der Waals surface area (Å²) in [6, 6.07) is 11.3. The van der Waals surface area contributed by atoms with E-state index in [9.17, 15) is 22.4 Å². The van der Waals surface area contributed by atoms with E-state index in [1.54, 1.807) is 30.3 Å². The van der Waals surface area contributed by atoms with Gasteiger partial charge in [0.1, 0.15) is 18.4 Å². The number of likely N-dealkylation sites (tertiary alicyclic amines) is 1. The number of carbonyl (C=O) groups is 1. The number of nitrogens with zero attached hydrogens (tertiary/aromatic N) is 1. The second kappa shape index (κ2) is 7.18. The molecule has 8 heteroatoms. The zero-order chi connectivity index (χ0) is 20.5. The molecule has 0 aliphatic carbocycles. The summed E-state index contributed by atoms with van der Waals surface area (Å²) in [6.07, 6.45) is -1.33. The van der Waals surface area contributed by atoms with E-state index in [1.807, 2.05) is 0 Å². The maximum absolute atomic E-state index is 14.6. The van der Waals surface area contributed by atoms with Gasteiger partial charge in [-0.15, -0.1) is 0 Å². The van der Waals surface area contributed by atoms with Crippen LogP contribution in [0, 0.1) is 0 Å². The molecule has 0 spiro atoms. The highest BCUT2D eigenvalue weighted by Crippen LogP contribution is 2.57. The van der Waals surface area contributed by atoms with Crippen LogP contribution in [0.3, 0.4) is 0 Å². The number of rotatable bonds is 4. The molecule has 0 radical (unpaired) electrons. The molecule has 1 unspecified atom stereocenters. The maximum Gasteiger partial charge on any atom is 0.415 e. The van der Waals surface area contributed by atoms with Gasteiger partial charge in [0.25, 0.3) is 0 Å². The lowest BCUT2D eigenvalue weighted by Gasteiger charge is -2.26. The van der Waals surface area contributed by atoms with Crippen LogP contribution in [0.5, 0.6) is 5.75 Å². The third kappa shape index (κ3) is 3.19. The zero-order valence-electron chi connectivity index (χ0n) is 14.9. The summed E-state index contributed by atoms with van der Waals surface area (Å²) in [5.74, 6) is -8.82. The first-order chi connectivity index (χ1) is 13.2. The van der Waals surface area contributed by atoms with E-state index in [0.717, 1.165) is 0 Å². The lowest BCUT2D eigenvalue weighted by Crippen LogP contribution is -2.40. The third-order valence-electron chi connectivity index (χ3n) is 4.51. The topological polar surface area (TPSA) is 38.8 Å². The Balaban J connectivity index is 1.93. The molecule has 2 aromatic carbocycles. The van der Waals surface area contributed by atoms with Crippen molar-refractivity contribution in [1.29, 1.82) is 0 Å². The number of alkyl halides is 4. The van der Waals surface area contributed by atoms with Crippen LogP contribution < -0.4 is 4.74 Å². The van der Waals surface area contributed by atoms with Crippen LogP contribution in [-0.2, 0) is 11.3 Å². The van der Waals surface area contributed by atoms with E-state index in [2.05, 4.69) is 6.58 Å². The minimum Gasteiger partial charge on any atom is -0.497 e. The molecule has 1 aliphatic rings. The summed E-state index contributed by atoms with van der Waals surface area (Å²) in [7, 11) is 1.38. The molecule has 1 atom stereocenters. The van der Waals surface area contributed by atoms with Gasteiger partial charge in [-0.05, 0) is 23.3 Å². The molecule has 1 heterocycles. The Hall–Kier alpha value is -3.03. The summed E-state index contributed by atoms with van der Waals surface area (Å²) >= 11 is 0. The third-order valence-corrected chi connectivity index (χ3v) is 4.51. The summed E-state index contributed by atoms with van der Waals surface area (Å²) < 4.78 is 67.6. The van der Waals surface area contributed by atoms with Crippen molar-refractivity contribution >= 4 is 6.09 Å². The molecular weight excluding hydrogens is 378 g/mol. The van der Waals surface area contributed by atoms with Crippen molar-refractivity contribution in [1.82, 2.24) is 4.90 Å². The van der Waals surface area contributed by atoms with Gasteiger partial charge in [0.15, 0.2) is 0 Å². The Kier molecular flexibility index (Phi) is 5.06. The van der Waals surface area contributed by atoms with Crippen molar-refractivity contribution in [3.8, 4) is 5.75 Å². The van der Waals surface area contributed by atoms with Crippen LogP contribution >= 0.6 is 0 Å². The Morgan fingerprint density at radius 2 is 1.68 bits per heavy atom. The molecule has 0 N–H and O–H groups in total. The van der Waals surface area contributed by atoms with E-state index in [-0.39, 0.29) is 17.1 Å². The van der Waals surface area contributed by atoms with E-state index in [4.69, 9.17) is 9.47 Å². The van der Waals surface area contributed by atoms with Gasteiger partial charge in [-0.1, -0.05) is 49.0 Å². The van der Waals surface area contributed by atoms with E-state index >= 15 is 0 Å². The van der Waals surface area contributed by atoms with Crippen molar-refractivity contribution in [2.75, 3.05) is 7.11 Å². The van der Waals surface area contributed by atoms with Crippen LogP contribution in [0.1, 0.15) is 17.2 Å². The Bertz CT molecular complexity index is 869. The minimum atomic E-state index is -4.61. The maximum atomic E-state index is 14.6. The monoisotopic (exact) mass is 395 g/mol. The number of benzene rings is 2. The Morgan fingerprint density at radius 3 is 2.25 bits per heavy atom. The minimum absolute atomic E-state index is 0.194. The summed E-state index contributed by atoms with van der Waals surface area (Å²) in [4.78, 5) is 12.7. The number of amides is 1. The highest BCUT2D eigenvalue weighted by molar-refractivity contribution is 5.73. The van der Waals surface area contributed by atoms with Crippen molar-refractivity contribution in [3.05, 3.63) is 78.0 Å². The molecule has 0 bridgehead atoms. The van der Waals surface area contributed by atoms with Gasteiger partial charge in [0.05, 0.1) is 12.8 Å². The number of methoxy groups -OCH3 is 1. The molecule has 1 aliphatic heterocycles. The van der Waals surface area contributed by atoms with Crippen LogP contribution in [0.2, 0.25) is 0 Å². The first kappa shape index (κ1) is 19.7. The summed E-state index contributed by atoms with van der Waals surface area (Å²) in [5, 5.41) is 0. The smallest absolute Gasteiger partial charge is 0.415 e. The van der Waals surface area contributed by atoms with Crippen molar-refractivity contribution in [3.63, 3.8) is 0 Å². The fourth-order valence-electron chi connectivity index (χ4n) is 2.98. The molecule has 1 fully saturated rings. The zero-order valence-corrected chi connectivity index (χ0v) is 14.9. The molecule has 1 amide bonds. The molecule has 1 saturated heterocycles. The second-order valence-corrected chi connectivity index (χ2v) is 6.23. The average Bonchev–Trinajstić information content (AvgIpc) is 2.83. The number of hydrogen-bond acceptors (Lipinski definition) is 3. The van der Waals surface area contributed by atoms with Crippen molar-refractivity contribution in [2.45, 2.75) is 24.5 Å². The van der Waals surface area contributed by atoms with Gasteiger partial charge in [-0.3, -0.25) is 4.90 Å². The number of allylic oxidation sites excluding steroid dienone is 1. The molecule has 2 aromatic rings. The van der Waals surface area contributed by atoms with E-state index in [0.29, 0.717) is 11.3 Å². The highest BCUT2D eigenvalue weighted by atomic mass is 19.3.